The number of likely N-dealkylation sites (tertiary alicyclic amines) is 1. The highest BCUT2D eigenvalue weighted by Gasteiger charge is 2.50. The number of rotatable bonds is 8. The molecule has 0 saturated carbocycles. The molecule has 53 heavy (non-hydrogen) atoms. The Morgan fingerprint density at radius 2 is 1.98 bits per heavy atom. The molecule has 0 aliphatic carbocycles. The van der Waals surface area contributed by atoms with Crippen LogP contribution in [0.4, 0.5) is 24.5 Å². The fourth-order valence-corrected chi connectivity index (χ4v) is 9.54. The first-order chi connectivity index (χ1) is 25.3. The summed E-state index contributed by atoms with van der Waals surface area (Å²) >= 11 is 1.14. The molecule has 0 N–H and O–H groups in total. The van der Waals surface area contributed by atoms with Crippen molar-refractivity contribution >= 4 is 56.0 Å². The molecule has 16 heteroatoms. The van der Waals surface area contributed by atoms with E-state index < -0.39 is 23.1 Å². The molecule has 4 aliphatic heterocycles. The summed E-state index contributed by atoms with van der Waals surface area (Å²) in [6.45, 7) is 8.31. The zero-order valence-electron chi connectivity index (χ0n) is 30.7. The summed E-state index contributed by atoms with van der Waals surface area (Å²) in [5.74, 6) is 0.370. The number of piperazine rings is 1. The van der Waals surface area contributed by atoms with Gasteiger partial charge in [-0.05, 0) is 64.6 Å². The monoisotopic (exact) mass is 746 g/mol. The Kier molecular flexibility index (Phi) is 8.92. The Labute approximate surface area is 310 Å². The van der Waals surface area contributed by atoms with E-state index in [1.54, 1.807) is 28.5 Å². The molecule has 4 aliphatic rings. The number of anilines is 1. The summed E-state index contributed by atoms with van der Waals surface area (Å²) in [4.78, 5) is 40.3. The van der Waals surface area contributed by atoms with Crippen molar-refractivity contribution in [1.29, 1.82) is 5.26 Å². The van der Waals surface area contributed by atoms with Crippen LogP contribution in [-0.4, -0.2) is 123 Å². The van der Waals surface area contributed by atoms with Crippen molar-refractivity contribution in [3.05, 3.63) is 35.4 Å². The molecule has 4 aromatic rings. The second-order valence-corrected chi connectivity index (χ2v) is 16.9. The number of thiophene rings is 1. The molecular formula is C37H44F2N10O3S. The molecule has 0 unspecified atom stereocenters. The molecule has 0 spiro atoms. The van der Waals surface area contributed by atoms with E-state index in [0.29, 0.717) is 75.3 Å². The van der Waals surface area contributed by atoms with E-state index in [9.17, 15) is 14.4 Å². The number of alkyl halides is 1. The van der Waals surface area contributed by atoms with E-state index in [2.05, 4.69) is 20.9 Å². The second kappa shape index (κ2) is 13.3. The first kappa shape index (κ1) is 35.4. The third-order valence-electron chi connectivity index (χ3n) is 10.7. The van der Waals surface area contributed by atoms with Crippen molar-refractivity contribution in [2.75, 3.05) is 51.8 Å². The van der Waals surface area contributed by atoms with Crippen LogP contribution in [0.5, 0.6) is 5.88 Å². The van der Waals surface area contributed by atoms with Gasteiger partial charge in [0.05, 0.1) is 47.1 Å². The van der Waals surface area contributed by atoms with Gasteiger partial charge in [-0.3, -0.25) is 4.90 Å². The topological polar surface area (TPSA) is 128 Å². The highest BCUT2D eigenvalue weighted by Crippen LogP contribution is 2.43. The van der Waals surface area contributed by atoms with E-state index >= 15 is 4.39 Å². The first-order valence-electron chi connectivity index (χ1n) is 18.2. The normalized spacial score (nSPS) is 24.5. The van der Waals surface area contributed by atoms with Gasteiger partial charge in [0.15, 0.2) is 11.2 Å². The molecule has 1 amide bonds. The van der Waals surface area contributed by atoms with Crippen molar-refractivity contribution < 1.29 is 23.0 Å². The summed E-state index contributed by atoms with van der Waals surface area (Å²) in [5.41, 5.74) is 1.02. The maximum absolute atomic E-state index is 15.2. The van der Waals surface area contributed by atoms with Gasteiger partial charge in [0.2, 0.25) is 11.8 Å². The van der Waals surface area contributed by atoms with Crippen LogP contribution in [0.15, 0.2) is 23.5 Å². The molecule has 3 aromatic heterocycles. The zero-order valence-corrected chi connectivity index (χ0v) is 31.5. The third kappa shape index (κ3) is 6.51. The Morgan fingerprint density at radius 1 is 1.21 bits per heavy atom. The first-order valence-corrected chi connectivity index (χ1v) is 19.0. The van der Waals surface area contributed by atoms with Gasteiger partial charge in [0.25, 0.3) is 0 Å². The van der Waals surface area contributed by atoms with Crippen LogP contribution in [-0.2, 0) is 11.3 Å². The average molecular weight is 747 g/mol. The van der Waals surface area contributed by atoms with E-state index in [-0.39, 0.29) is 31.3 Å². The molecule has 8 rings (SSSR count). The molecular weight excluding hydrogens is 703 g/mol. The molecule has 4 saturated heterocycles. The van der Waals surface area contributed by atoms with Gasteiger partial charge in [-0.25, -0.2) is 23.6 Å². The molecule has 2 bridgehead atoms. The Bertz CT molecular complexity index is 2130. The van der Waals surface area contributed by atoms with Crippen molar-refractivity contribution in [3.8, 4) is 11.9 Å². The van der Waals surface area contributed by atoms with Crippen molar-refractivity contribution in [1.82, 2.24) is 34.2 Å². The minimum absolute atomic E-state index is 0.0316. The van der Waals surface area contributed by atoms with Gasteiger partial charge in [0.1, 0.15) is 35.3 Å². The minimum Gasteiger partial charge on any atom is -0.474 e. The Balaban J connectivity index is 1.18. The number of imidazole rings is 1. The molecule has 4 fully saturated rings. The van der Waals surface area contributed by atoms with Crippen LogP contribution in [0.2, 0.25) is 0 Å². The number of hydrogen-bond acceptors (Lipinski definition) is 11. The lowest BCUT2D eigenvalue weighted by Gasteiger charge is -2.41. The summed E-state index contributed by atoms with van der Waals surface area (Å²) in [6, 6.07) is 5.30. The zero-order chi connectivity index (χ0) is 37.2. The number of carbonyl (C=O) groups excluding carboxylic acids is 1. The van der Waals surface area contributed by atoms with E-state index in [1.807, 2.05) is 39.4 Å². The van der Waals surface area contributed by atoms with Crippen LogP contribution in [0.1, 0.15) is 64.0 Å². The van der Waals surface area contributed by atoms with Crippen LogP contribution >= 0.6 is 11.3 Å². The fourth-order valence-electron chi connectivity index (χ4n) is 8.50. The minimum atomic E-state index is -0.895. The van der Waals surface area contributed by atoms with Gasteiger partial charge in [-0.2, -0.15) is 15.2 Å². The number of fused-ring (bicyclic) bond motifs is 5. The highest BCUT2D eigenvalue weighted by atomic mass is 32.1. The number of benzene rings is 1. The number of amides is 1. The van der Waals surface area contributed by atoms with Crippen molar-refractivity contribution in [2.45, 2.75) is 88.8 Å². The summed E-state index contributed by atoms with van der Waals surface area (Å²) in [5, 5.41) is 11.2. The maximum Gasteiger partial charge on any atom is 0.410 e. The quantitative estimate of drug-likeness (QED) is 0.160. The number of halogens is 2. The lowest BCUT2D eigenvalue weighted by Crippen LogP contribution is -2.56. The lowest BCUT2D eigenvalue weighted by atomic mass is 9.95. The average Bonchev–Trinajstić information content (AvgIpc) is 3.90. The predicted octanol–water partition coefficient (Wildman–Crippen LogP) is 5.86. The number of aliphatic imine (C=N–C) groups is 1. The van der Waals surface area contributed by atoms with E-state index in [0.717, 1.165) is 43.6 Å². The van der Waals surface area contributed by atoms with Crippen LogP contribution in [0.25, 0.3) is 21.3 Å². The van der Waals surface area contributed by atoms with E-state index in [4.69, 9.17) is 24.4 Å². The summed E-state index contributed by atoms with van der Waals surface area (Å²) in [6.07, 6.45) is 6.01. The number of carbonyl (C=O) groups is 1. The summed E-state index contributed by atoms with van der Waals surface area (Å²) < 4.78 is 44.4. The smallest absolute Gasteiger partial charge is 0.410 e. The molecule has 4 atom stereocenters. The maximum atomic E-state index is 15.2. The molecule has 0 radical (unpaired) electrons. The standard InChI is InChI=1S/C37H44F2N10O3S/c1-36(2,3)52-35(50)46-17-24-8-9-25(18-46)49(24)34-43-31-29(32(44-34)51-19-37-11-6-12-48(37)16-23(38)13-37)41-21-47(31)15-22-7-10-27(39)30-28(22)26(14-40)33(53-30)42-20-45(4)5/h7,10,20-21,23-25H,6,8-9,11-13,15-19H2,1-5H3/t23-,24-,25+,37+/m1/s1. The number of hydrogen-bond donors (Lipinski definition) is 0. The van der Waals surface area contributed by atoms with Crippen LogP contribution in [0, 0.1) is 17.1 Å². The largest absolute Gasteiger partial charge is 0.474 e. The van der Waals surface area contributed by atoms with Crippen molar-refractivity contribution in [3.63, 3.8) is 0 Å². The molecule has 7 heterocycles. The van der Waals surface area contributed by atoms with Crippen LogP contribution in [0.3, 0.4) is 0 Å². The SMILES string of the molecule is CN(C)C=Nc1sc2c(F)ccc(Cn3cnc4c(OC[C@@]56CCCN5C[C@H](F)C6)nc(N5[C@@H]6CC[C@H]5CN(C(=O)OC(C)(C)C)C6)nc43)c2c1C#N. The lowest BCUT2D eigenvalue weighted by molar-refractivity contribution is 0.0208. The Hall–Kier alpha value is -4.62. The predicted molar refractivity (Wildman–Crippen MR) is 198 cm³/mol. The number of nitrogens with zero attached hydrogens (tertiary/aromatic N) is 10. The molecule has 1 aromatic carbocycles. The molecule has 280 valence electrons. The van der Waals surface area contributed by atoms with Gasteiger partial charge in [-0.1, -0.05) is 6.07 Å². The molecule has 13 nitrogen and oxygen atoms in total. The van der Waals surface area contributed by atoms with Crippen molar-refractivity contribution in [2.24, 2.45) is 4.99 Å². The van der Waals surface area contributed by atoms with Gasteiger partial charge in [0, 0.05) is 45.5 Å². The van der Waals surface area contributed by atoms with Gasteiger partial charge < -0.3 is 28.7 Å². The number of aromatic nitrogens is 4. The van der Waals surface area contributed by atoms with E-state index in [1.165, 1.54) is 6.07 Å². The summed E-state index contributed by atoms with van der Waals surface area (Å²) in [7, 11) is 3.66. The second-order valence-electron chi connectivity index (χ2n) is 15.9. The highest BCUT2D eigenvalue weighted by molar-refractivity contribution is 7.23. The van der Waals surface area contributed by atoms with Gasteiger partial charge >= 0.3 is 6.09 Å². The fraction of sp³-hybridized carbons (Fsp3) is 0.568. The Morgan fingerprint density at radius 3 is 2.70 bits per heavy atom. The van der Waals surface area contributed by atoms with Crippen LogP contribution < -0.4 is 9.64 Å². The van der Waals surface area contributed by atoms with Gasteiger partial charge in [-0.15, -0.1) is 11.3 Å². The number of ether oxygens (including phenoxy) is 2. The number of nitriles is 1. The third-order valence-corrected chi connectivity index (χ3v) is 11.8.